The molecule has 0 aromatic carbocycles. The molecule has 5 atom stereocenters. The highest BCUT2D eigenvalue weighted by molar-refractivity contribution is 5.55. The second-order valence-electron chi connectivity index (χ2n) is 5.32. The van der Waals surface area contributed by atoms with E-state index in [0.717, 1.165) is 5.56 Å². The molecule has 0 bridgehead atoms. The third kappa shape index (κ3) is 3.23. The first-order chi connectivity index (χ1) is 11.1. The standard InChI is InChI=1S/C14H18N4O5/c1-22-14-13(21)12(20)11(19)10(23-14)7-18-6-9(16-17-18)8-3-2-4-15-5-8/h2-6,10-14,19-21H,7H2,1H3/t10-,11+,12+,13-,14-/m1/s1. The zero-order chi connectivity index (χ0) is 16.4. The lowest BCUT2D eigenvalue weighted by Crippen LogP contribution is -2.58. The number of aliphatic hydroxyl groups excluding tert-OH is 3. The van der Waals surface area contributed by atoms with Gasteiger partial charge in [-0.1, -0.05) is 5.21 Å². The first kappa shape index (κ1) is 16.0. The number of hydrogen-bond donors (Lipinski definition) is 3. The predicted molar refractivity (Wildman–Crippen MR) is 76.9 cm³/mol. The number of hydrogen-bond acceptors (Lipinski definition) is 8. The molecule has 1 aliphatic rings. The molecule has 1 fully saturated rings. The summed E-state index contributed by atoms with van der Waals surface area (Å²) in [5, 5.41) is 37.7. The molecule has 0 saturated carbocycles. The monoisotopic (exact) mass is 322 g/mol. The van der Waals surface area contributed by atoms with Gasteiger partial charge < -0.3 is 24.8 Å². The van der Waals surface area contributed by atoms with Crippen LogP contribution >= 0.6 is 0 Å². The van der Waals surface area contributed by atoms with E-state index < -0.39 is 30.7 Å². The summed E-state index contributed by atoms with van der Waals surface area (Å²) in [5.74, 6) is 0. The molecule has 0 amide bonds. The molecule has 9 heteroatoms. The molecule has 1 saturated heterocycles. The normalized spacial score (nSPS) is 31.2. The number of nitrogens with zero attached hydrogens (tertiary/aromatic N) is 4. The van der Waals surface area contributed by atoms with Crippen LogP contribution in [0.3, 0.4) is 0 Å². The Hall–Kier alpha value is -1.91. The van der Waals surface area contributed by atoms with Gasteiger partial charge in [-0.15, -0.1) is 5.10 Å². The van der Waals surface area contributed by atoms with E-state index in [0.29, 0.717) is 5.69 Å². The van der Waals surface area contributed by atoms with E-state index in [1.165, 1.54) is 11.8 Å². The van der Waals surface area contributed by atoms with Gasteiger partial charge in [-0.3, -0.25) is 4.98 Å². The Bertz CT molecular complexity index is 635. The summed E-state index contributed by atoms with van der Waals surface area (Å²) in [7, 11) is 1.35. The molecular weight excluding hydrogens is 304 g/mol. The maximum absolute atomic E-state index is 10.0. The number of rotatable bonds is 4. The van der Waals surface area contributed by atoms with Gasteiger partial charge in [-0.2, -0.15) is 0 Å². The molecule has 124 valence electrons. The summed E-state index contributed by atoms with van der Waals surface area (Å²) in [5.41, 5.74) is 1.45. The average Bonchev–Trinajstić information content (AvgIpc) is 3.05. The summed E-state index contributed by atoms with van der Waals surface area (Å²) in [4.78, 5) is 4.02. The van der Waals surface area contributed by atoms with Gasteiger partial charge in [0.25, 0.3) is 0 Å². The van der Waals surface area contributed by atoms with E-state index in [1.54, 1.807) is 24.7 Å². The Labute approximate surface area is 132 Å². The van der Waals surface area contributed by atoms with Gasteiger partial charge in [0.15, 0.2) is 6.29 Å². The average molecular weight is 322 g/mol. The van der Waals surface area contributed by atoms with Crippen LogP contribution in [-0.4, -0.2) is 73.1 Å². The van der Waals surface area contributed by atoms with E-state index in [1.807, 2.05) is 6.07 Å². The summed E-state index contributed by atoms with van der Waals surface area (Å²) < 4.78 is 11.9. The van der Waals surface area contributed by atoms with Crippen molar-refractivity contribution in [2.45, 2.75) is 37.3 Å². The number of aliphatic hydroxyl groups is 3. The molecule has 0 unspecified atom stereocenters. The number of ether oxygens (including phenoxy) is 2. The van der Waals surface area contributed by atoms with Crippen molar-refractivity contribution in [3.05, 3.63) is 30.7 Å². The minimum Gasteiger partial charge on any atom is -0.388 e. The first-order valence-electron chi connectivity index (χ1n) is 7.13. The first-order valence-corrected chi connectivity index (χ1v) is 7.13. The molecule has 3 heterocycles. The summed E-state index contributed by atoms with van der Waals surface area (Å²) in [6.07, 6.45) is -0.720. The highest BCUT2D eigenvalue weighted by atomic mass is 16.7. The van der Waals surface area contributed by atoms with Crippen LogP contribution in [0.15, 0.2) is 30.7 Å². The zero-order valence-electron chi connectivity index (χ0n) is 12.4. The van der Waals surface area contributed by atoms with Crippen LogP contribution in [0.1, 0.15) is 0 Å². The predicted octanol–water partition coefficient (Wildman–Crippen LogP) is -1.21. The van der Waals surface area contributed by atoms with Gasteiger partial charge in [0.2, 0.25) is 0 Å². The summed E-state index contributed by atoms with van der Waals surface area (Å²) >= 11 is 0. The van der Waals surface area contributed by atoms with E-state index >= 15 is 0 Å². The highest BCUT2D eigenvalue weighted by Gasteiger charge is 2.44. The maximum atomic E-state index is 10.0. The smallest absolute Gasteiger partial charge is 0.186 e. The molecule has 0 aliphatic carbocycles. The van der Waals surface area contributed by atoms with E-state index in [2.05, 4.69) is 15.3 Å². The SMILES string of the molecule is CO[C@@H]1O[C@H](Cn2cc(-c3cccnc3)nn2)[C@H](O)[C@H](O)[C@H]1O. The third-order valence-corrected chi connectivity index (χ3v) is 3.76. The fraction of sp³-hybridized carbons (Fsp3) is 0.500. The molecule has 2 aromatic rings. The lowest BCUT2D eigenvalue weighted by molar-refractivity contribution is -0.292. The molecule has 23 heavy (non-hydrogen) atoms. The van der Waals surface area contributed by atoms with Crippen LogP contribution in [0.25, 0.3) is 11.3 Å². The van der Waals surface area contributed by atoms with Crippen molar-refractivity contribution in [3.63, 3.8) is 0 Å². The Kier molecular flexibility index (Phi) is 4.64. The molecule has 9 nitrogen and oxygen atoms in total. The van der Waals surface area contributed by atoms with Crippen molar-refractivity contribution in [1.29, 1.82) is 0 Å². The quantitative estimate of drug-likeness (QED) is 0.641. The largest absolute Gasteiger partial charge is 0.388 e. The molecule has 1 aliphatic heterocycles. The molecule has 3 rings (SSSR count). The number of aromatic nitrogens is 4. The molecule has 0 radical (unpaired) electrons. The summed E-state index contributed by atoms with van der Waals surface area (Å²) in [6.45, 7) is 0.151. The minimum absolute atomic E-state index is 0.151. The van der Waals surface area contributed by atoms with Crippen LogP contribution in [0.2, 0.25) is 0 Å². The Balaban J connectivity index is 1.73. The fourth-order valence-electron chi connectivity index (χ4n) is 2.48. The Morgan fingerprint density at radius 2 is 2.09 bits per heavy atom. The highest BCUT2D eigenvalue weighted by Crippen LogP contribution is 2.23. The Morgan fingerprint density at radius 3 is 2.78 bits per heavy atom. The van der Waals surface area contributed by atoms with Gasteiger partial charge in [0.05, 0.1) is 12.7 Å². The minimum atomic E-state index is -1.36. The molecular formula is C14H18N4O5. The fourth-order valence-corrected chi connectivity index (χ4v) is 2.48. The number of pyridine rings is 1. The summed E-state index contributed by atoms with van der Waals surface area (Å²) in [6, 6.07) is 3.65. The van der Waals surface area contributed by atoms with Gasteiger partial charge >= 0.3 is 0 Å². The maximum Gasteiger partial charge on any atom is 0.186 e. The second-order valence-corrected chi connectivity index (χ2v) is 5.32. The topological polar surface area (TPSA) is 123 Å². The van der Waals surface area contributed by atoms with Gasteiger partial charge in [-0.25, -0.2) is 4.68 Å². The van der Waals surface area contributed by atoms with Crippen molar-refractivity contribution in [1.82, 2.24) is 20.0 Å². The van der Waals surface area contributed by atoms with Gasteiger partial charge in [0, 0.05) is 25.1 Å². The second kappa shape index (κ2) is 6.69. The van der Waals surface area contributed by atoms with Crippen LogP contribution in [-0.2, 0) is 16.0 Å². The number of methoxy groups -OCH3 is 1. The van der Waals surface area contributed by atoms with Crippen molar-refractivity contribution < 1.29 is 24.8 Å². The van der Waals surface area contributed by atoms with Crippen LogP contribution in [0.5, 0.6) is 0 Å². The third-order valence-electron chi connectivity index (χ3n) is 3.76. The van der Waals surface area contributed by atoms with Crippen LogP contribution in [0, 0.1) is 0 Å². The Morgan fingerprint density at radius 1 is 1.26 bits per heavy atom. The lowest BCUT2D eigenvalue weighted by Gasteiger charge is -2.39. The lowest BCUT2D eigenvalue weighted by atomic mass is 9.99. The van der Waals surface area contributed by atoms with Crippen molar-refractivity contribution in [2.24, 2.45) is 0 Å². The van der Waals surface area contributed by atoms with Crippen LogP contribution in [0.4, 0.5) is 0 Å². The molecule has 0 spiro atoms. The van der Waals surface area contributed by atoms with Crippen molar-refractivity contribution in [2.75, 3.05) is 7.11 Å². The molecule has 3 N–H and O–H groups in total. The van der Waals surface area contributed by atoms with E-state index in [9.17, 15) is 15.3 Å². The zero-order valence-corrected chi connectivity index (χ0v) is 12.4. The van der Waals surface area contributed by atoms with Crippen molar-refractivity contribution in [3.8, 4) is 11.3 Å². The van der Waals surface area contributed by atoms with E-state index in [-0.39, 0.29) is 6.54 Å². The van der Waals surface area contributed by atoms with Gasteiger partial charge in [0.1, 0.15) is 30.1 Å². The molecule has 2 aromatic heterocycles. The van der Waals surface area contributed by atoms with Crippen molar-refractivity contribution >= 4 is 0 Å². The van der Waals surface area contributed by atoms with Gasteiger partial charge in [-0.05, 0) is 12.1 Å². The van der Waals surface area contributed by atoms with Crippen LogP contribution < -0.4 is 0 Å². The van der Waals surface area contributed by atoms with E-state index in [4.69, 9.17) is 9.47 Å².